The van der Waals surface area contributed by atoms with E-state index in [1.165, 1.54) is 25.0 Å². The predicted molar refractivity (Wildman–Crippen MR) is 154 cm³/mol. The Bertz CT molecular complexity index is 1390. The molecule has 2 heterocycles. The Morgan fingerprint density at radius 3 is 2.56 bits per heavy atom. The summed E-state index contributed by atoms with van der Waals surface area (Å²) in [5.74, 6) is 0.727. The molecule has 1 saturated heterocycles. The SMILES string of the molecule is COc1cc(N2C[C@H](N(C)C)C3(CC3)C2)c(N)cc1Nc1nccc(Nc2cc(Cl)c(F)cc2C(C)(C)O)n1. The van der Waals surface area contributed by atoms with Gasteiger partial charge in [-0.1, -0.05) is 11.6 Å². The van der Waals surface area contributed by atoms with E-state index in [9.17, 15) is 9.50 Å². The normalized spacial score (nSPS) is 18.1. The number of aliphatic hydroxyl groups is 1. The lowest BCUT2D eigenvalue weighted by Gasteiger charge is -2.25. The van der Waals surface area contributed by atoms with Crippen molar-refractivity contribution in [3.05, 3.63) is 52.9 Å². The fraction of sp³-hybridized carbons (Fsp3) is 0.429. The van der Waals surface area contributed by atoms with Crippen LogP contribution < -0.4 is 26.0 Å². The average molecular weight is 556 g/mol. The second-order valence-corrected chi connectivity index (χ2v) is 11.6. The zero-order chi connectivity index (χ0) is 28.1. The van der Waals surface area contributed by atoms with E-state index >= 15 is 0 Å². The van der Waals surface area contributed by atoms with Crippen molar-refractivity contribution in [3.63, 3.8) is 0 Å². The monoisotopic (exact) mass is 555 g/mol. The number of rotatable bonds is 8. The molecule has 5 rings (SSSR count). The lowest BCUT2D eigenvalue weighted by molar-refractivity contribution is 0.0790. The molecule has 0 radical (unpaired) electrons. The molecule has 2 aromatic carbocycles. The van der Waals surface area contributed by atoms with Crippen molar-refractivity contribution in [2.45, 2.75) is 38.3 Å². The maximum Gasteiger partial charge on any atom is 0.229 e. The molecule has 1 saturated carbocycles. The van der Waals surface area contributed by atoms with Crippen LogP contribution in [0.25, 0.3) is 0 Å². The third kappa shape index (κ3) is 5.41. The molecule has 39 heavy (non-hydrogen) atoms. The molecule has 2 aliphatic rings. The summed E-state index contributed by atoms with van der Waals surface area (Å²) in [5.41, 5.74) is 8.58. The summed E-state index contributed by atoms with van der Waals surface area (Å²) in [5, 5.41) is 16.8. The van der Waals surface area contributed by atoms with Crippen molar-refractivity contribution in [2.24, 2.45) is 5.41 Å². The minimum Gasteiger partial charge on any atom is -0.494 e. The van der Waals surface area contributed by atoms with E-state index in [0.29, 0.717) is 51.6 Å². The van der Waals surface area contributed by atoms with E-state index in [1.807, 2.05) is 12.1 Å². The third-order valence-electron chi connectivity index (χ3n) is 7.70. The number of ether oxygens (including phenoxy) is 1. The number of nitrogens with two attached hydrogens (primary N) is 1. The summed E-state index contributed by atoms with van der Waals surface area (Å²) >= 11 is 6.02. The Kier molecular flexibility index (Phi) is 6.98. The van der Waals surface area contributed by atoms with Gasteiger partial charge < -0.3 is 36.0 Å². The molecule has 208 valence electrons. The van der Waals surface area contributed by atoms with Crippen LogP contribution >= 0.6 is 11.6 Å². The number of methoxy groups -OCH3 is 1. The second-order valence-electron chi connectivity index (χ2n) is 11.2. The lowest BCUT2D eigenvalue weighted by Crippen LogP contribution is -2.36. The van der Waals surface area contributed by atoms with Crippen LogP contribution in [0.1, 0.15) is 32.3 Å². The molecule has 3 aromatic rings. The predicted octanol–water partition coefficient (Wildman–Crippen LogP) is 5.10. The van der Waals surface area contributed by atoms with Gasteiger partial charge in [0.05, 0.1) is 34.8 Å². The number of aromatic nitrogens is 2. The van der Waals surface area contributed by atoms with Gasteiger partial charge in [-0.05, 0) is 65.0 Å². The summed E-state index contributed by atoms with van der Waals surface area (Å²) in [4.78, 5) is 13.5. The number of halogens is 2. The number of benzene rings is 2. The van der Waals surface area contributed by atoms with Crippen LogP contribution in [0.5, 0.6) is 5.75 Å². The van der Waals surface area contributed by atoms with Gasteiger partial charge in [0.2, 0.25) is 5.95 Å². The van der Waals surface area contributed by atoms with Crippen LogP contribution in [-0.4, -0.2) is 60.3 Å². The second kappa shape index (κ2) is 10.0. The van der Waals surface area contributed by atoms with Crippen LogP contribution in [0.15, 0.2) is 36.5 Å². The highest BCUT2D eigenvalue weighted by Crippen LogP contribution is 2.55. The van der Waals surface area contributed by atoms with Gasteiger partial charge in [0.15, 0.2) is 0 Å². The zero-order valence-electron chi connectivity index (χ0n) is 22.8. The van der Waals surface area contributed by atoms with Crippen LogP contribution in [0.2, 0.25) is 5.02 Å². The van der Waals surface area contributed by atoms with Crippen molar-refractivity contribution in [1.82, 2.24) is 14.9 Å². The highest BCUT2D eigenvalue weighted by Gasteiger charge is 2.56. The van der Waals surface area contributed by atoms with E-state index in [-0.39, 0.29) is 5.02 Å². The van der Waals surface area contributed by atoms with Gasteiger partial charge in [0.25, 0.3) is 0 Å². The van der Waals surface area contributed by atoms with E-state index < -0.39 is 11.4 Å². The molecular formula is C28H35ClFN7O2. The first-order chi connectivity index (χ1) is 18.4. The summed E-state index contributed by atoms with van der Waals surface area (Å²) in [6.45, 7) is 5.04. The molecule has 9 nitrogen and oxygen atoms in total. The summed E-state index contributed by atoms with van der Waals surface area (Å²) in [6, 6.07) is 8.60. The molecule has 0 bridgehead atoms. The largest absolute Gasteiger partial charge is 0.494 e. The molecule has 11 heteroatoms. The summed E-state index contributed by atoms with van der Waals surface area (Å²) < 4.78 is 19.8. The molecule has 1 spiro atoms. The lowest BCUT2D eigenvalue weighted by atomic mass is 9.96. The fourth-order valence-corrected chi connectivity index (χ4v) is 5.69. The Morgan fingerprint density at radius 2 is 1.95 bits per heavy atom. The highest BCUT2D eigenvalue weighted by atomic mass is 35.5. The number of hydrogen-bond donors (Lipinski definition) is 4. The molecule has 0 amide bonds. The van der Waals surface area contributed by atoms with E-state index in [1.54, 1.807) is 33.2 Å². The number of anilines is 6. The fourth-order valence-electron chi connectivity index (χ4n) is 5.53. The number of nitrogen functional groups attached to an aromatic ring is 1. The standard InChI is InChI=1S/C28H35ClFN7O2/c1-27(2,38)16-10-18(30)17(29)11-20(16)33-25-6-9-32-26(35-25)34-21-12-19(31)22(13-23(21)39-5)37-14-24(36(3)4)28(15-37)7-8-28/h6,9-13,24,38H,7-8,14-15,31H2,1-5H3,(H2,32,33,34,35)/t24-/m0/s1. The van der Waals surface area contributed by atoms with E-state index in [0.717, 1.165) is 18.8 Å². The van der Waals surface area contributed by atoms with Gasteiger partial charge in [-0.15, -0.1) is 0 Å². The van der Waals surface area contributed by atoms with E-state index in [4.69, 9.17) is 22.1 Å². The van der Waals surface area contributed by atoms with Crippen molar-refractivity contribution in [2.75, 3.05) is 55.6 Å². The minimum atomic E-state index is -1.31. The van der Waals surface area contributed by atoms with E-state index in [2.05, 4.69) is 44.5 Å². The Balaban J connectivity index is 1.39. The first kappa shape index (κ1) is 27.2. The molecule has 1 aromatic heterocycles. The summed E-state index contributed by atoms with van der Waals surface area (Å²) in [6.07, 6.45) is 4.07. The molecular weight excluding hydrogens is 521 g/mol. The minimum absolute atomic E-state index is 0.0688. The van der Waals surface area contributed by atoms with Gasteiger partial charge in [0, 0.05) is 48.1 Å². The molecule has 1 atom stereocenters. The van der Waals surface area contributed by atoms with Crippen molar-refractivity contribution in [3.8, 4) is 5.75 Å². The maximum absolute atomic E-state index is 14.1. The smallest absolute Gasteiger partial charge is 0.229 e. The molecule has 2 fully saturated rings. The highest BCUT2D eigenvalue weighted by molar-refractivity contribution is 6.31. The van der Waals surface area contributed by atoms with Crippen molar-refractivity contribution in [1.29, 1.82) is 0 Å². The first-order valence-corrected chi connectivity index (χ1v) is 13.3. The van der Waals surface area contributed by atoms with Crippen LogP contribution in [0.4, 0.5) is 38.9 Å². The quantitative estimate of drug-likeness (QED) is 0.282. The maximum atomic E-state index is 14.1. The van der Waals surface area contributed by atoms with Crippen LogP contribution in [0.3, 0.4) is 0 Å². The Labute approximate surface area is 233 Å². The van der Waals surface area contributed by atoms with Gasteiger partial charge >= 0.3 is 0 Å². The summed E-state index contributed by atoms with van der Waals surface area (Å²) in [7, 11) is 5.90. The Hall–Kier alpha value is -3.34. The van der Waals surface area contributed by atoms with Crippen LogP contribution in [-0.2, 0) is 5.60 Å². The Morgan fingerprint density at radius 1 is 1.21 bits per heavy atom. The number of nitrogens with zero attached hydrogens (tertiary/aromatic N) is 4. The molecule has 1 aliphatic heterocycles. The van der Waals surface area contributed by atoms with Crippen molar-refractivity contribution >= 4 is 46.1 Å². The molecule has 1 aliphatic carbocycles. The van der Waals surface area contributed by atoms with Gasteiger partial charge in [-0.2, -0.15) is 4.98 Å². The zero-order valence-corrected chi connectivity index (χ0v) is 23.6. The number of nitrogens with one attached hydrogen (secondary N) is 2. The number of hydrogen-bond acceptors (Lipinski definition) is 9. The first-order valence-electron chi connectivity index (χ1n) is 12.9. The van der Waals surface area contributed by atoms with Gasteiger partial charge in [-0.25, -0.2) is 9.37 Å². The molecule has 0 unspecified atom stereocenters. The van der Waals surface area contributed by atoms with Crippen LogP contribution in [0, 0.1) is 11.2 Å². The third-order valence-corrected chi connectivity index (χ3v) is 7.99. The van der Waals surface area contributed by atoms with Gasteiger partial charge in [0.1, 0.15) is 17.4 Å². The average Bonchev–Trinajstić information content (AvgIpc) is 3.52. The number of likely N-dealkylation sites (N-methyl/N-ethyl adjacent to an activating group) is 1. The molecule has 5 N–H and O–H groups in total. The topological polar surface area (TPSA) is 112 Å². The van der Waals surface area contributed by atoms with Gasteiger partial charge in [-0.3, -0.25) is 0 Å². The van der Waals surface area contributed by atoms with Crippen molar-refractivity contribution < 1.29 is 14.2 Å².